The summed E-state index contributed by atoms with van der Waals surface area (Å²) in [5.41, 5.74) is 0. The van der Waals surface area contributed by atoms with Gasteiger partial charge in [0.2, 0.25) is 0 Å². The van der Waals surface area contributed by atoms with E-state index in [1.54, 1.807) is 0 Å². The Bertz CT molecular complexity index is 191. The maximum atomic E-state index is 12.3. The van der Waals surface area contributed by atoms with E-state index in [9.17, 15) is 9.18 Å². The minimum Gasteiger partial charge on any atom is -0.300 e. The Labute approximate surface area is 78.1 Å². The molecule has 13 heavy (non-hydrogen) atoms. The number of fused-ring (bicyclic) bond motifs is 2. The SMILES string of the molecule is O=C1CC2CCCC(C1)N2CCF. The van der Waals surface area contributed by atoms with E-state index in [-0.39, 0.29) is 6.67 Å². The van der Waals surface area contributed by atoms with Gasteiger partial charge in [0, 0.05) is 31.5 Å². The molecule has 0 aromatic carbocycles. The molecule has 2 nitrogen and oxygen atoms in total. The molecule has 3 heteroatoms. The first kappa shape index (κ1) is 9.13. The number of alkyl halides is 1. The van der Waals surface area contributed by atoms with Gasteiger partial charge in [0.15, 0.2) is 0 Å². The third kappa shape index (κ3) is 1.75. The Morgan fingerprint density at radius 1 is 1.31 bits per heavy atom. The van der Waals surface area contributed by atoms with Gasteiger partial charge in [-0.1, -0.05) is 6.42 Å². The second-order valence-electron chi connectivity index (χ2n) is 4.11. The van der Waals surface area contributed by atoms with Gasteiger partial charge in [-0.3, -0.25) is 9.69 Å². The summed E-state index contributed by atoms with van der Waals surface area (Å²) in [6.07, 6.45) is 4.71. The number of Topliss-reactive ketones (excluding diaryl/α,β-unsaturated/α-hetero) is 1. The molecule has 0 saturated carbocycles. The maximum absolute atomic E-state index is 12.3. The Hall–Kier alpha value is -0.440. The molecule has 0 aromatic heterocycles. The molecule has 0 spiro atoms. The van der Waals surface area contributed by atoms with Crippen molar-refractivity contribution in [2.75, 3.05) is 13.2 Å². The molecular formula is C10H16FNO. The highest BCUT2D eigenvalue weighted by Gasteiger charge is 2.36. The van der Waals surface area contributed by atoms with Gasteiger partial charge >= 0.3 is 0 Å². The van der Waals surface area contributed by atoms with E-state index >= 15 is 0 Å². The van der Waals surface area contributed by atoms with Gasteiger partial charge in [0.25, 0.3) is 0 Å². The van der Waals surface area contributed by atoms with Crippen molar-refractivity contribution in [1.29, 1.82) is 0 Å². The van der Waals surface area contributed by atoms with Crippen LogP contribution in [-0.2, 0) is 4.79 Å². The fourth-order valence-electron chi connectivity index (χ4n) is 2.73. The van der Waals surface area contributed by atoms with Crippen LogP contribution in [0.15, 0.2) is 0 Å². The fourth-order valence-corrected chi connectivity index (χ4v) is 2.73. The molecule has 2 fully saturated rings. The minimum atomic E-state index is -0.277. The van der Waals surface area contributed by atoms with Gasteiger partial charge in [-0.05, 0) is 12.8 Å². The van der Waals surface area contributed by atoms with E-state index in [1.165, 1.54) is 6.42 Å². The second kappa shape index (κ2) is 3.74. The molecule has 2 heterocycles. The van der Waals surface area contributed by atoms with E-state index in [4.69, 9.17) is 0 Å². The van der Waals surface area contributed by atoms with Crippen LogP contribution < -0.4 is 0 Å². The Morgan fingerprint density at radius 2 is 1.92 bits per heavy atom. The van der Waals surface area contributed by atoms with Crippen LogP contribution in [0.1, 0.15) is 32.1 Å². The van der Waals surface area contributed by atoms with Gasteiger partial charge < -0.3 is 0 Å². The number of hydrogen-bond acceptors (Lipinski definition) is 2. The van der Waals surface area contributed by atoms with Crippen LogP contribution in [0.4, 0.5) is 4.39 Å². The van der Waals surface area contributed by atoms with Crippen molar-refractivity contribution in [2.24, 2.45) is 0 Å². The number of piperidine rings is 2. The summed E-state index contributed by atoms with van der Waals surface area (Å²) in [4.78, 5) is 13.5. The largest absolute Gasteiger partial charge is 0.300 e. The molecule has 0 aliphatic carbocycles. The van der Waals surface area contributed by atoms with Crippen LogP contribution in [0.3, 0.4) is 0 Å². The molecule has 2 unspecified atom stereocenters. The second-order valence-corrected chi connectivity index (χ2v) is 4.11. The number of carbonyl (C=O) groups excluding carboxylic acids is 1. The van der Waals surface area contributed by atoms with Crippen LogP contribution in [0, 0.1) is 0 Å². The van der Waals surface area contributed by atoms with Crippen molar-refractivity contribution < 1.29 is 9.18 Å². The smallest absolute Gasteiger partial charge is 0.136 e. The van der Waals surface area contributed by atoms with Crippen molar-refractivity contribution in [3.63, 3.8) is 0 Å². The van der Waals surface area contributed by atoms with E-state index < -0.39 is 0 Å². The fraction of sp³-hybridized carbons (Fsp3) is 0.900. The molecule has 0 aromatic rings. The van der Waals surface area contributed by atoms with E-state index in [0.717, 1.165) is 12.8 Å². The van der Waals surface area contributed by atoms with Gasteiger partial charge in [-0.2, -0.15) is 0 Å². The first-order valence-electron chi connectivity index (χ1n) is 5.14. The van der Waals surface area contributed by atoms with Crippen molar-refractivity contribution in [2.45, 2.75) is 44.2 Å². The molecule has 2 rings (SSSR count). The number of halogens is 1. The van der Waals surface area contributed by atoms with Gasteiger partial charge in [-0.15, -0.1) is 0 Å². The average Bonchev–Trinajstić information content (AvgIpc) is 2.07. The van der Waals surface area contributed by atoms with Gasteiger partial charge in [0.05, 0.1) is 0 Å². The summed E-state index contributed by atoms with van der Waals surface area (Å²) >= 11 is 0. The summed E-state index contributed by atoms with van der Waals surface area (Å²) in [5, 5.41) is 0. The van der Waals surface area contributed by atoms with Gasteiger partial charge in [0.1, 0.15) is 12.5 Å². The van der Waals surface area contributed by atoms with Crippen LogP contribution in [0.2, 0.25) is 0 Å². The normalized spacial score (nSPS) is 35.0. The standard InChI is InChI=1S/C10H16FNO/c11-4-5-12-8-2-1-3-9(12)7-10(13)6-8/h8-9H,1-7H2. The Kier molecular flexibility index (Phi) is 2.63. The highest BCUT2D eigenvalue weighted by molar-refractivity contribution is 5.80. The van der Waals surface area contributed by atoms with Crippen LogP contribution in [0.5, 0.6) is 0 Å². The third-order valence-corrected chi connectivity index (χ3v) is 3.28. The molecule has 0 amide bonds. The molecule has 2 atom stereocenters. The molecule has 2 bridgehead atoms. The quantitative estimate of drug-likeness (QED) is 0.650. The summed E-state index contributed by atoms with van der Waals surface area (Å²) in [6, 6.07) is 0.714. The van der Waals surface area contributed by atoms with Crippen molar-refractivity contribution >= 4 is 5.78 Å². The summed E-state index contributed by atoms with van der Waals surface area (Å²) in [5.74, 6) is 0.379. The third-order valence-electron chi connectivity index (χ3n) is 3.28. The number of rotatable bonds is 2. The Morgan fingerprint density at radius 3 is 2.46 bits per heavy atom. The van der Waals surface area contributed by atoms with Crippen molar-refractivity contribution in [3.8, 4) is 0 Å². The lowest BCUT2D eigenvalue weighted by atomic mass is 9.84. The molecule has 74 valence electrons. The minimum absolute atomic E-state index is 0.277. The zero-order chi connectivity index (χ0) is 9.26. The average molecular weight is 185 g/mol. The molecule has 0 N–H and O–H groups in total. The molecule has 2 aliphatic heterocycles. The zero-order valence-corrected chi connectivity index (χ0v) is 7.84. The monoisotopic (exact) mass is 185 g/mol. The predicted octanol–water partition coefficient (Wildman–Crippen LogP) is 1.54. The summed E-state index contributed by atoms with van der Waals surface area (Å²) in [7, 11) is 0. The molecule has 2 saturated heterocycles. The Balaban J connectivity index is 2.05. The van der Waals surface area contributed by atoms with Crippen LogP contribution in [-0.4, -0.2) is 36.0 Å². The molecule has 2 aliphatic rings. The molecular weight excluding hydrogens is 169 g/mol. The highest BCUT2D eigenvalue weighted by Crippen LogP contribution is 2.31. The lowest BCUT2D eigenvalue weighted by molar-refractivity contribution is -0.127. The first-order valence-corrected chi connectivity index (χ1v) is 5.14. The number of ketones is 1. The van der Waals surface area contributed by atoms with E-state index in [1.807, 2.05) is 0 Å². The number of hydrogen-bond donors (Lipinski definition) is 0. The summed E-state index contributed by atoms with van der Waals surface area (Å²) in [6.45, 7) is 0.254. The predicted molar refractivity (Wildman–Crippen MR) is 48.3 cm³/mol. The van der Waals surface area contributed by atoms with E-state index in [0.29, 0.717) is 37.3 Å². The van der Waals surface area contributed by atoms with E-state index in [2.05, 4.69) is 4.90 Å². The van der Waals surface area contributed by atoms with Crippen LogP contribution in [0.25, 0.3) is 0 Å². The highest BCUT2D eigenvalue weighted by atomic mass is 19.1. The maximum Gasteiger partial charge on any atom is 0.136 e. The van der Waals surface area contributed by atoms with Crippen molar-refractivity contribution in [3.05, 3.63) is 0 Å². The number of carbonyl (C=O) groups is 1. The lowest BCUT2D eigenvalue weighted by Crippen LogP contribution is -2.52. The van der Waals surface area contributed by atoms with Crippen molar-refractivity contribution in [1.82, 2.24) is 4.90 Å². The topological polar surface area (TPSA) is 20.3 Å². The number of nitrogens with zero attached hydrogens (tertiary/aromatic N) is 1. The van der Waals surface area contributed by atoms with Gasteiger partial charge in [-0.25, -0.2) is 4.39 Å². The summed E-state index contributed by atoms with van der Waals surface area (Å²) < 4.78 is 12.3. The zero-order valence-electron chi connectivity index (χ0n) is 7.84. The van der Waals surface area contributed by atoms with Crippen LogP contribution >= 0.6 is 0 Å². The molecule has 0 radical (unpaired) electrons. The lowest BCUT2D eigenvalue weighted by Gasteiger charge is -2.45. The first-order chi connectivity index (χ1) is 6.31.